The molecule has 1 aromatic heterocycles. The van der Waals surface area contributed by atoms with Gasteiger partial charge in [-0.2, -0.15) is 4.98 Å². The number of halogens is 2. The molecule has 7 heteroatoms. The summed E-state index contributed by atoms with van der Waals surface area (Å²) in [6.45, 7) is 0.286. The Hall–Kier alpha value is -2.31. The largest absolute Gasteiger partial charge is 0.339 e. The van der Waals surface area contributed by atoms with Gasteiger partial charge in [0.2, 0.25) is 11.8 Å². The molecule has 1 aromatic carbocycles. The molecule has 1 saturated heterocycles. The zero-order valence-electron chi connectivity index (χ0n) is 11.6. The Labute approximate surface area is 124 Å². The van der Waals surface area contributed by atoms with Gasteiger partial charge in [-0.05, 0) is 25.0 Å². The van der Waals surface area contributed by atoms with Gasteiger partial charge in [0, 0.05) is 30.6 Å². The molecule has 2 aromatic rings. The lowest BCUT2D eigenvalue weighted by Crippen LogP contribution is -2.24. The summed E-state index contributed by atoms with van der Waals surface area (Å²) in [6.07, 6.45) is 2.33. The first-order valence-electron chi connectivity index (χ1n) is 7.20. The molecule has 4 rings (SSSR count). The van der Waals surface area contributed by atoms with Gasteiger partial charge in [-0.25, -0.2) is 8.78 Å². The molecule has 0 N–H and O–H groups in total. The van der Waals surface area contributed by atoms with Gasteiger partial charge >= 0.3 is 0 Å². The van der Waals surface area contributed by atoms with Gasteiger partial charge in [0.25, 0.3) is 0 Å². The maximum absolute atomic E-state index is 13.3. The van der Waals surface area contributed by atoms with Crippen molar-refractivity contribution in [2.75, 3.05) is 11.4 Å². The van der Waals surface area contributed by atoms with Gasteiger partial charge < -0.3 is 9.42 Å². The highest BCUT2D eigenvalue weighted by Crippen LogP contribution is 2.39. The molecule has 0 radical (unpaired) electrons. The topological polar surface area (TPSA) is 59.2 Å². The Morgan fingerprint density at radius 3 is 2.55 bits per heavy atom. The second-order valence-corrected chi connectivity index (χ2v) is 5.80. The van der Waals surface area contributed by atoms with Crippen molar-refractivity contribution in [3.05, 3.63) is 41.5 Å². The van der Waals surface area contributed by atoms with Crippen molar-refractivity contribution in [1.82, 2.24) is 10.1 Å². The first kappa shape index (κ1) is 13.4. The molecule has 1 amide bonds. The maximum Gasteiger partial charge on any atom is 0.232 e. The van der Waals surface area contributed by atoms with Crippen LogP contribution < -0.4 is 4.90 Å². The number of carbonyl (C=O) groups excluding carboxylic acids is 1. The number of nitrogens with zero attached hydrogens (tertiary/aromatic N) is 3. The number of benzene rings is 1. The molecule has 2 aliphatic rings. The van der Waals surface area contributed by atoms with Crippen LogP contribution in [-0.4, -0.2) is 22.6 Å². The minimum atomic E-state index is -0.708. The first-order chi connectivity index (χ1) is 10.6. The van der Waals surface area contributed by atoms with E-state index in [2.05, 4.69) is 10.1 Å². The predicted molar refractivity (Wildman–Crippen MR) is 72.3 cm³/mol. The predicted octanol–water partition coefficient (Wildman–Crippen LogP) is 2.75. The van der Waals surface area contributed by atoms with E-state index in [0.29, 0.717) is 17.6 Å². The molecule has 1 saturated carbocycles. The standard InChI is InChI=1S/C15H13F2N3O2/c16-10-4-11(17)6-12(5-10)20-7-9(3-13(20)21)15-18-14(19-22-15)8-1-2-8/h4-6,8-9H,1-3,7H2/t9-/m0/s1. The van der Waals surface area contributed by atoms with Crippen LogP contribution in [0.25, 0.3) is 0 Å². The van der Waals surface area contributed by atoms with Crippen molar-refractivity contribution >= 4 is 11.6 Å². The Morgan fingerprint density at radius 1 is 1.14 bits per heavy atom. The molecule has 2 heterocycles. The van der Waals surface area contributed by atoms with Crippen LogP contribution in [0, 0.1) is 11.6 Å². The van der Waals surface area contributed by atoms with E-state index in [9.17, 15) is 13.6 Å². The summed E-state index contributed by atoms with van der Waals surface area (Å²) in [5.74, 6) is -0.365. The number of anilines is 1. The Balaban J connectivity index is 1.57. The molecule has 0 unspecified atom stereocenters. The molecule has 1 aliphatic carbocycles. The van der Waals surface area contributed by atoms with Crippen LogP contribution in [0.1, 0.15) is 42.8 Å². The van der Waals surface area contributed by atoms with Crippen LogP contribution in [-0.2, 0) is 4.79 Å². The zero-order valence-corrected chi connectivity index (χ0v) is 11.6. The summed E-state index contributed by atoms with van der Waals surface area (Å²) >= 11 is 0. The van der Waals surface area contributed by atoms with E-state index in [1.165, 1.54) is 4.90 Å². The van der Waals surface area contributed by atoms with Gasteiger partial charge in [-0.15, -0.1) is 0 Å². The SMILES string of the molecule is O=C1C[C@H](c2nc(C3CC3)no2)CN1c1cc(F)cc(F)c1. The van der Waals surface area contributed by atoms with Crippen LogP contribution in [0.2, 0.25) is 0 Å². The summed E-state index contributed by atoms with van der Waals surface area (Å²) in [5, 5.41) is 3.94. The molecule has 22 heavy (non-hydrogen) atoms. The van der Waals surface area contributed by atoms with Gasteiger partial charge in [0.1, 0.15) is 11.6 Å². The Bertz CT molecular complexity index is 722. The average Bonchev–Trinajstić information content (AvgIpc) is 3.06. The number of hydrogen-bond donors (Lipinski definition) is 0. The van der Waals surface area contributed by atoms with E-state index in [4.69, 9.17) is 4.52 Å². The fourth-order valence-corrected chi connectivity index (χ4v) is 2.74. The minimum absolute atomic E-state index is 0.199. The average molecular weight is 305 g/mol. The number of rotatable bonds is 3. The summed E-state index contributed by atoms with van der Waals surface area (Å²) < 4.78 is 31.9. The van der Waals surface area contributed by atoms with Crippen molar-refractivity contribution in [3.8, 4) is 0 Å². The highest BCUT2D eigenvalue weighted by molar-refractivity contribution is 5.96. The van der Waals surface area contributed by atoms with Crippen LogP contribution in [0.5, 0.6) is 0 Å². The highest BCUT2D eigenvalue weighted by atomic mass is 19.1. The number of amides is 1. The fraction of sp³-hybridized carbons (Fsp3) is 0.400. The smallest absolute Gasteiger partial charge is 0.232 e. The molecule has 0 bridgehead atoms. The molecule has 1 atom stereocenters. The van der Waals surface area contributed by atoms with E-state index in [-0.39, 0.29) is 30.5 Å². The minimum Gasteiger partial charge on any atom is -0.339 e. The van der Waals surface area contributed by atoms with Gasteiger partial charge in [0.05, 0.1) is 5.92 Å². The third-order valence-electron chi connectivity index (χ3n) is 4.03. The highest BCUT2D eigenvalue weighted by Gasteiger charge is 2.37. The normalized spacial score (nSPS) is 21.6. The second-order valence-electron chi connectivity index (χ2n) is 5.80. The van der Waals surface area contributed by atoms with Gasteiger partial charge in [0.15, 0.2) is 5.82 Å². The number of hydrogen-bond acceptors (Lipinski definition) is 4. The van der Waals surface area contributed by atoms with E-state index in [1.807, 2.05) is 0 Å². The fourth-order valence-electron chi connectivity index (χ4n) is 2.74. The van der Waals surface area contributed by atoms with Crippen molar-refractivity contribution < 1.29 is 18.1 Å². The summed E-state index contributed by atoms with van der Waals surface area (Å²) in [4.78, 5) is 17.8. The van der Waals surface area contributed by atoms with Crippen LogP contribution >= 0.6 is 0 Å². The van der Waals surface area contributed by atoms with E-state index in [1.54, 1.807) is 0 Å². The van der Waals surface area contributed by atoms with Crippen molar-refractivity contribution in [2.24, 2.45) is 0 Å². The Morgan fingerprint density at radius 2 is 1.86 bits per heavy atom. The van der Waals surface area contributed by atoms with Crippen molar-refractivity contribution in [3.63, 3.8) is 0 Å². The van der Waals surface area contributed by atoms with Crippen LogP contribution in [0.15, 0.2) is 22.7 Å². The lowest BCUT2D eigenvalue weighted by Gasteiger charge is -2.16. The molecular weight excluding hydrogens is 292 g/mol. The quantitative estimate of drug-likeness (QED) is 0.875. The third-order valence-corrected chi connectivity index (χ3v) is 4.03. The molecule has 1 aliphatic heterocycles. The zero-order chi connectivity index (χ0) is 15.3. The second kappa shape index (κ2) is 4.86. The monoisotopic (exact) mass is 305 g/mol. The van der Waals surface area contributed by atoms with Gasteiger partial charge in [-0.1, -0.05) is 5.16 Å². The first-order valence-corrected chi connectivity index (χ1v) is 7.20. The van der Waals surface area contributed by atoms with Gasteiger partial charge in [-0.3, -0.25) is 4.79 Å². The lowest BCUT2D eigenvalue weighted by molar-refractivity contribution is -0.117. The summed E-state index contributed by atoms with van der Waals surface area (Å²) in [6, 6.07) is 3.07. The molecule has 0 spiro atoms. The van der Waals surface area contributed by atoms with E-state index >= 15 is 0 Å². The molecule has 2 fully saturated rings. The lowest BCUT2D eigenvalue weighted by atomic mass is 10.1. The summed E-state index contributed by atoms with van der Waals surface area (Å²) in [7, 11) is 0. The van der Waals surface area contributed by atoms with Crippen molar-refractivity contribution in [1.29, 1.82) is 0 Å². The number of aromatic nitrogens is 2. The van der Waals surface area contributed by atoms with Crippen molar-refractivity contribution in [2.45, 2.75) is 31.1 Å². The third kappa shape index (κ3) is 2.36. The maximum atomic E-state index is 13.3. The Kier molecular flexibility index (Phi) is 2.95. The van der Waals surface area contributed by atoms with Crippen LogP contribution in [0.4, 0.5) is 14.5 Å². The van der Waals surface area contributed by atoms with E-state index in [0.717, 1.165) is 31.0 Å². The van der Waals surface area contributed by atoms with E-state index < -0.39 is 11.6 Å². The molecular formula is C15H13F2N3O2. The number of carbonyl (C=O) groups is 1. The molecule has 114 valence electrons. The van der Waals surface area contributed by atoms with Crippen LogP contribution in [0.3, 0.4) is 0 Å². The molecule has 5 nitrogen and oxygen atoms in total. The summed E-state index contributed by atoms with van der Waals surface area (Å²) in [5.41, 5.74) is 0.215.